The van der Waals surface area contributed by atoms with Crippen LogP contribution in [0, 0.1) is 0 Å². The molecule has 0 amide bonds. The van der Waals surface area contributed by atoms with Crippen molar-refractivity contribution < 1.29 is 28.8 Å². The summed E-state index contributed by atoms with van der Waals surface area (Å²) in [6.45, 7) is 0.779. The molecule has 2 aliphatic heterocycles. The fourth-order valence-electron chi connectivity index (χ4n) is 6.68. The molecule has 2 bridgehead atoms. The molecule has 5 rings (SSSR count). The lowest BCUT2D eigenvalue weighted by molar-refractivity contribution is -0.309. The van der Waals surface area contributed by atoms with E-state index >= 15 is 0 Å². The molecule has 7 heteroatoms. The lowest BCUT2D eigenvalue weighted by atomic mass is 9.50. The molecule has 0 aromatic heterocycles. The van der Waals surface area contributed by atoms with Crippen molar-refractivity contribution in [2.45, 2.75) is 48.2 Å². The Bertz CT molecular complexity index is 842. The second-order valence-electron chi connectivity index (χ2n) is 8.14. The number of methoxy groups -OCH3 is 3. The molecule has 146 valence electrons. The largest absolute Gasteiger partial charge is 0.504 e. The number of carbonyl (C=O) groups excluding carboxylic acids is 1. The van der Waals surface area contributed by atoms with Crippen LogP contribution in [0.5, 0.6) is 11.5 Å². The first-order chi connectivity index (χ1) is 12.9. The molecular formula is C20H25NO6. The Morgan fingerprint density at radius 3 is 2.74 bits per heavy atom. The molecule has 2 aliphatic carbocycles. The van der Waals surface area contributed by atoms with Crippen LogP contribution in [-0.4, -0.2) is 68.1 Å². The molecular weight excluding hydrogens is 350 g/mol. The van der Waals surface area contributed by atoms with Crippen molar-refractivity contribution >= 4 is 5.78 Å². The first-order valence-corrected chi connectivity index (χ1v) is 9.32. The number of rotatable bonds is 3. The molecule has 5 atom stereocenters. The quantitative estimate of drug-likeness (QED) is 0.858. The summed E-state index contributed by atoms with van der Waals surface area (Å²) in [6.07, 6.45) is 0.628. The highest BCUT2D eigenvalue weighted by molar-refractivity contribution is 5.89. The number of likely N-dealkylation sites (N-methyl/N-ethyl adjacent to an activating group) is 1. The topological polar surface area (TPSA) is 77.5 Å². The summed E-state index contributed by atoms with van der Waals surface area (Å²) in [6, 6.07) is 3.71. The van der Waals surface area contributed by atoms with E-state index < -0.39 is 22.8 Å². The number of hydrogen-bond acceptors (Lipinski definition) is 7. The Kier molecular flexibility index (Phi) is 3.37. The van der Waals surface area contributed by atoms with E-state index in [9.17, 15) is 9.90 Å². The maximum absolute atomic E-state index is 13.2. The van der Waals surface area contributed by atoms with Crippen LogP contribution in [0.4, 0.5) is 0 Å². The van der Waals surface area contributed by atoms with Crippen LogP contribution in [-0.2, 0) is 24.4 Å². The van der Waals surface area contributed by atoms with Gasteiger partial charge in [0.25, 0.3) is 0 Å². The SMILES string of the molecule is COc1ccc2c(c1O)[C@@]13CCN(C)[C@@]14C[C@@H]2O[C@@]4(OC)[C@@H](OC)C(=O)C3. The van der Waals surface area contributed by atoms with Gasteiger partial charge in [-0.1, -0.05) is 6.07 Å². The number of Topliss-reactive ketones (excluding diaryl/α,β-unsaturated/α-hetero) is 1. The molecule has 1 spiro atoms. The van der Waals surface area contributed by atoms with Crippen molar-refractivity contribution in [3.05, 3.63) is 23.3 Å². The summed E-state index contributed by atoms with van der Waals surface area (Å²) in [4.78, 5) is 15.5. The number of ether oxygens (including phenoxy) is 4. The lowest BCUT2D eigenvalue weighted by Crippen LogP contribution is -2.76. The number of phenols is 1. The second-order valence-corrected chi connectivity index (χ2v) is 8.14. The summed E-state index contributed by atoms with van der Waals surface area (Å²) < 4.78 is 23.6. The number of benzene rings is 1. The van der Waals surface area contributed by atoms with Crippen molar-refractivity contribution in [3.8, 4) is 11.5 Å². The molecule has 0 radical (unpaired) electrons. The zero-order valence-corrected chi connectivity index (χ0v) is 16.1. The van der Waals surface area contributed by atoms with Gasteiger partial charge in [-0.2, -0.15) is 0 Å². The minimum absolute atomic E-state index is 0.0546. The Morgan fingerprint density at radius 1 is 1.30 bits per heavy atom. The summed E-state index contributed by atoms with van der Waals surface area (Å²) >= 11 is 0. The van der Waals surface area contributed by atoms with Gasteiger partial charge in [-0.15, -0.1) is 0 Å². The maximum Gasteiger partial charge on any atom is 0.222 e. The van der Waals surface area contributed by atoms with Crippen LogP contribution in [0.2, 0.25) is 0 Å². The van der Waals surface area contributed by atoms with Gasteiger partial charge in [0.2, 0.25) is 5.79 Å². The van der Waals surface area contributed by atoms with Crippen molar-refractivity contribution in [2.24, 2.45) is 0 Å². The Hall–Kier alpha value is -1.67. The van der Waals surface area contributed by atoms with Crippen LogP contribution < -0.4 is 4.74 Å². The van der Waals surface area contributed by atoms with Crippen molar-refractivity contribution in [3.63, 3.8) is 0 Å². The lowest BCUT2D eigenvalue weighted by Gasteiger charge is -2.59. The van der Waals surface area contributed by atoms with E-state index in [1.165, 1.54) is 14.2 Å². The predicted molar refractivity (Wildman–Crippen MR) is 94.9 cm³/mol. The average Bonchev–Trinajstić information content (AvgIpc) is 3.15. The van der Waals surface area contributed by atoms with Gasteiger partial charge in [-0.05, 0) is 31.6 Å². The van der Waals surface area contributed by atoms with E-state index in [0.29, 0.717) is 12.2 Å². The Morgan fingerprint density at radius 2 is 2.07 bits per heavy atom. The average molecular weight is 375 g/mol. The van der Waals surface area contributed by atoms with Gasteiger partial charge in [-0.25, -0.2) is 0 Å². The van der Waals surface area contributed by atoms with Crippen molar-refractivity contribution in [2.75, 3.05) is 34.9 Å². The number of ketones is 1. The molecule has 2 saturated heterocycles. The predicted octanol–water partition coefficient (Wildman–Crippen LogP) is 1.52. The van der Waals surface area contributed by atoms with E-state index in [0.717, 1.165) is 24.1 Å². The summed E-state index contributed by atoms with van der Waals surface area (Å²) in [5, 5.41) is 11.1. The highest BCUT2D eigenvalue weighted by Gasteiger charge is 2.82. The van der Waals surface area contributed by atoms with Crippen LogP contribution in [0.1, 0.15) is 36.5 Å². The van der Waals surface area contributed by atoms with E-state index in [4.69, 9.17) is 18.9 Å². The van der Waals surface area contributed by atoms with Crippen LogP contribution in [0.25, 0.3) is 0 Å². The number of aromatic hydroxyl groups is 1. The molecule has 1 saturated carbocycles. The fraction of sp³-hybridized carbons (Fsp3) is 0.650. The Balaban J connectivity index is 1.88. The molecule has 1 aromatic rings. The van der Waals surface area contributed by atoms with Gasteiger partial charge in [-0.3, -0.25) is 9.69 Å². The molecule has 7 nitrogen and oxygen atoms in total. The molecule has 2 heterocycles. The standard InChI is InChI=1S/C20H25NO6/c1-21-8-7-18-9-12(22)17(25-3)20(26-4)19(18,21)10-14(27-20)11-5-6-13(24-2)16(23)15(11)18/h5-6,14,17,23H,7-10H2,1-4H3/t14-,17-,18-,19-,20-/m0/s1. The van der Waals surface area contributed by atoms with Crippen LogP contribution in [0.3, 0.4) is 0 Å². The van der Waals surface area contributed by atoms with E-state index in [1.807, 2.05) is 13.1 Å². The maximum atomic E-state index is 13.2. The minimum atomic E-state index is -1.22. The Labute approximate surface area is 158 Å². The molecule has 1 N–H and O–H groups in total. The summed E-state index contributed by atoms with van der Waals surface area (Å²) in [7, 11) is 6.70. The van der Waals surface area contributed by atoms with E-state index in [-0.39, 0.29) is 24.1 Å². The van der Waals surface area contributed by atoms with Crippen LogP contribution in [0.15, 0.2) is 12.1 Å². The first-order valence-electron chi connectivity index (χ1n) is 9.32. The van der Waals surface area contributed by atoms with Gasteiger partial charge < -0.3 is 24.1 Å². The molecule has 0 unspecified atom stereocenters. The third kappa shape index (κ3) is 1.59. The summed E-state index contributed by atoms with van der Waals surface area (Å²) in [5.74, 6) is -0.746. The van der Waals surface area contributed by atoms with Crippen molar-refractivity contribution in [1.29, 1.82) is 0 Å². The number of hydrogen-bond donors (Lipinski definition) is 1. The molecule has 1 aromatic carbocycles. The third-order valence-electron chi connectivity index (χ3n) is 7.56. The second kappa shape index (κ2) is 5.23. The number of phenolic OH excluding ortho intramolecular Hbond substituents is 1. The van der Waals surface area contributed by atoms with Gasteiger partial charge >= 0.3 is 0 Å². The number of fused-ring (bicyclic) bond motifs is 3. The third-order valence-corrected chi connectivity index (χ3v) is 7.56. The van der Waals surface area contributed by atoms with Gasteiger partial charge in [0, 0.05) is 38.0 Å². The summed E-state index contributed by atoms with van der Waals surface area (Å²) in [5.41, 5.74) is 0.502. The van der Waals surface area contributed by atoms with Crippen LogP contribution >= 0.6 is 0 Å². The van der Waals surface area contributed by atoms with Gasteiger partial charge in [0.05, 0.1) is 18.8 Å². The van der Waals surface area contributed by atoms with E-state index in [1.54, 1.807) is 13.2 Å². The van der Waals surface area contributed by atoms with Gasteiger partial charge in [0.1, 0.15) is 0 Å². The van der Waals surface area contributed by atoms with Gasteiger partial charge in [0.15, 0.2) is 23.4 Å². The number of carbonyl (C=O) groups is 1. The number of likely N-dealkylation sites (tertiary alicyclic amines) is 1. The zero-order chi connectivity index (χ0) is 19.2. The first kappa shape index (κ1) is 17.4. The monoisotopic (exact) mass is 375 g/mol. The molecule has 27 heavy (non-hydrogen) atoms. The smallest absolute Gasteiger partial charge is 0.222 e. The zero-order valence-electron chi connectivity index (χ0n) is 16.1. The molecule has 3 fully saturated rings. The molecule has 4 aliphatic rings. The highest BCUT2D eigenvalue weighted by atomic mass is 16.7. The van der Waals surface area contributed by atoms with Crippen molar-refractivity contribution in [1.82, 2.24) is 4.90 Å². The van der Waals surface area contributed by atoms with E-state index in [2.05, 4.69) is 4.90 Å². The normalized spacial score (nSPS) is 42.1. The number of nitrogens with zero attached hydrogens (tertiary/aromatic N) is 1. The fourth-order valence-corrected chi connectivity index (χ4v) is 6.68. The minimum Gasteiger partial charge on any atom is -0.504 e. The highest BCUT2D eigenvalue weighted by Crippen LogP contribution is 2.72.